The Morgan fingerprint density at radius 3 is 2.92 bits per heavy atom. The van der Waals surface area contributed by atoms with Crippen LogP contribution in [-0.2, 0) is 0 Å². The molecule has 1 aromatic carbocycles. The van der Waals surface area contributed by atoms with E-state index < -0.39 is 0 Å². The smallest absolute Gasteiger partial charge is 0.323 e. The number of likely N-dealkylation sites (tertiary alicyclic amines) is 1. The lowest BCUT2D eigenvalue weighted by atomic mass is 10.1. The molecule has 1 N–H and O–H groups in total. The van der Waals surface area contributed by atoms with E-state index in [-0.39, 0.29) is 6.03 Å². The molecule has 0 radical (unpaired) electrons. The maximum Gasteiger partial charge on any atom is 0.323 e. The van der Waals surface area contributed by atoms with Gasteiger partial charge in [-0.05, 0) is 44.0 Å². The minimum absolute atomic E-state index is 0.0764. The summed E-state index contributed by atoms with van der Waals surface area (Å²) in [5.74, 6) is 0. The molecule has 0 spiro atoms. The highest BCUT2D eigenvalue weighted by molar-refractivity contribution is 7.15. The molecular formula is C17H21ClN4OS. The van der Waals surface area contributed by atoms with Crippen molar-refractivity contribution >= 4 is 39.8 Å². The molecule has 3 rings (SSSR count). The number of nitrogens with one attached hydrogen (secondary N) is 1. The Bertz CT molecular complexity index is 748. The molecule has 0 saturated carbocycles. The third kappa shape index (κ3) is 3.65. The van der Waals surface area contributed by atoms with Gasteiger partial charge in [-0.25, -0.2) is 9.78 Å². The first kappa shape index (κ1) is 17.0. The van der Waals surface area contributed by atoms with E-state index >= 15 is 0 Å². The predicted octanol–water partition coefficient (Wildman–Crippen LogP) is 4.16. The molecule has 128 valence electrons. The summed E-state index contributed by atoms with van der Waals surface area (Å²) >= 11 is 7.59. The van der Waals surface area contributed by atoms with Crippen LogP contribution in [0.4, 0.5) is 15.6 Å². The molecule has 2 amide bonds. The van der Waals surface area contributed by atoms with Gasteiger partial charge in [0.15, 0.2) is 5.13 Å². The van der Waals surface area contributed by atoms with Crippen LogP contribution in [0.3, 0.4) is 0 Å². The zero-order valence-corrected chi connectivity index (χ0v) is 15.6. The van der Waals surface area contributed by atoms with Crippen molar-refractivity contribution in [2.24, 2.45) is 0 Å². The Balaban J connectivity index is 1.61. The van der Waals surface area contributed by atoms with E-state index in [9.17, 15) is 4.79 Å². The van der Waals surface area contributed by atoms with E-state index in [1.54, 1.807) is 6.20 Å². The SMILES string of the molecule is Cc1cnc(NC(=O)N2CCC(N(C)c3ccc(Cl)c(C)c3)C2)s1. The molecule has 7 heteroatoms. The summed E-state index contributed by atoms with van der Waals surface area (Å²) in [6.07, 6.45) is 2.71. The number of aromatic nitrogens is 1. The molecule has 1 aliphatic rings. The van der Waals surface area contributed by atoms with Crippen LogP contribution in [0.15, 0.2) is 24.4 Å². The second kappa shape index (κ2) is 6.99. The molecule has 24 heavy (non-hydrogen) atoms. The predicted molar refractivity (Wildman–Crippen MR) is 100 cm³/mol. The van der Waals surface area contributed by atoms with Gasteiger partial charge in [-0.2, -0.15) is 0 Å². The van der Waals surface area contributed by atoms with Crippen LogP contribution in [-0.4, -0.2) is 42.1 Å². The van der Waals surface area contributed by atoms with Gasteiger partial charge in [0.25, 0.3) is 0 Å². The molecule has 1 aliphatic heterocycles. The van der Waals surface area contributed by atoms with Crippen LogP contribution < -0.4 is 10.2 Å². The number of likely N-dealkylation sites (N-methyl/N-ethyl adjacent to an activating group) is 1. The van der Waals surface area contributed by atoms with Crippen LogP contribution >= 0.6 is 22.9 Å². The molecule has 5 nitrogen and oxygen atoms in total. The van der Waals surface area contributed by atoms with Gasteiger partial charge in [-0.3, -0.25) is 5.32 Å². The van der Waals surface area contributed by atoms with Gasteiger partial charge in [-0.15, -0.1) is 11.3 Å². The lowest BCUT2D eigenvalue weighted by Gasteiger charge is -2.27. The van der Waals surface area contributed by atoms with Gasteiger partial charge in [0.1, 0.15) is 0 Å². The summed E-state index contributed by atoms with van der Waals surface area (Å²) in [5.41, 5.74) is 2.19. The van der Waals surface area contributed by atoms with Crippen molar-refractivity contribution in [3.8, 4) is 0 Å². The number of aryl methyl sites for hydroxylation is 2. The standard InChI is InChI=1S/C17H21ClN4OS/c1-11-8-13(4-5-15(11)18)21(3)14-6-7-22(10-14)17(23)20-16-19-9-12(2)24-16/h4-5,8-9,14H,6-7,10H2,1-3H3,(H,19,20,23). The van der Waals surface area contributed by atoms with Gasteiger partial charge in [-0.1, -0.05) is 11.6 Å². The average molecular weight is 365 g/mol. The number of halogens is 1. The van der Waals surface area contributed by atoms with Crippen LogP contribution in [0.1, 0.15) is 16.9 Å². The van der Waals surface area contributed by atoms with E-state index in [4.69, 9.17) is 11.6 Å². The first-order valence-electron chi connectivity index (χ1n) is 7.91. The van der Waals surface area contributed by atoms with E-state index in [1.807, 2.05) is 30.9 Å². The molecule has 0 bridgehead atoms. The molecule has 2 heterocycles. The number of amides is 2. The van der Waals surface area contributed by atoms with Crippen molar-refractivity contribution in [2.75, 3.05) is 30.4 Å². The van der Waals surface area contributed by atoms with Gasteiger partial charge in [0, 0.05) is 48.0 Å². The van der Waals surface area contributed by atoms with E-state index in [2.05, 4.69) is 28.3 Å². The molecule has 1 saturated heterocycles. The summed E-state index contributed by atoms with van der Waals surface area (Å²) in [5, 5.41) is 4.31. The normalized spacial score (nSPS) is 17.2. The van der Waals surface area contributed by atoms with Crippen molar-refractivity contribution in [1.29, 1.82) is 0 Å². The summed E-state index contributed by atoms with van der Waals surface area (Å²) in [6.45, 7) is 5.43. The second-order valence-electron chi connectivity index (χ2n) is 6.14. The number of carbonyl (C=O) groups excluding carboxylic acids is 1. The quantitative estimate of drug-likeness (QED) is 0.889. The zero-order valence-electron chi connectivity index (χ0n) is 14.0. The molecular weight excluding hydrogens is 344 g/mol. The third-order valence-corrected chi connectivity index (χ3v) is 5.63. The van der Waals surface area contributed by atoms with Gasteiger partial charge in [0.2, 0.25) is 0 Å². The highest BCUT2D eigenvalue weighted by atomic mass is 35.5. The largest absolute Gasteiger partial charge is 0.370 e. The number of urea groups is 1. The fourth-order valence-corrected chi connectivity index (χ4v) is 3.66. The Hall–Kier alpha value is -1.79. The van der Waals surface area contributed by atoms with Gasteiger partial charge in [0.05, 0.1) is 0 Å². The maximum atomic E-state index is 12.4. The van der Waals surface area contributed by atoms with Crippen molar-refractivity contribution in [3.63, 3.8) is 0 Å². The Kier molecular flexibility index (Phi) is 4.96. The summed E-state index contributed by atoms with van der Waals surface area (Å²) in [7, 11) is 2.07. The number of rotatable bonds is 3. The topological polar surface area (TPSA) is 48.5 Å². The Labute approximate surface area is 151 Å². The molecule has 1 fully saturated rings. The minimum Gasteiger partial charge on any atom is -0.370 e. The number of hydrogen-bond donors (Lipinski definition) is 1. The summed E-state index contributed by atoms with van der Waals surface area (Å²) in [6, 6.07) is 6.26. The third-order valence-electron chi connectivity index (χ3n) is 4.38. The second-order valence-corrected chi connectivity index (χ2v) is 7.78. The Morgan fingerprint density at radius 1 is 1.46 bits per heavy atom. The molecule has 0 aliphatic carbocycles. The van der Waals surface area contributed by atoms with Crippen LogP contribution in [0, 0.1) is 13.8 Å². The maximum absolute atomic E-state index is 12.4. The van der Waals surface area contributed by atoms with E-state index in [1.165, 1.54) is 11.3 Å². The zero-order chi connectivity index (χ0) is 17.3. The first-order chi connectivity index (χ1) is 11.4. The Morgan fingerprint density at radius 2 is 2.25 bits per heavy atom. The summed E-state index contributed by atoms with van der Waals surface area (Å²) in [4.78, 5) is 21.7. The average Bonchev–Trinajstić information content (AvgIpc) is 3.18. The number of benzene rings is 1. The fourth-order valence-electron chi connectivity index (χ4n) is 2.88. The van der Waals surface area contributed by atoms with Crippen molar-refractivity contribution < 1.29 is 4.79 Å². The van der Waals surface area contributed by atoms with Crippen molar-refractivity contribution in [3.05, 3.63) is 39.9 Å². The number of nitrogens with zero attached hydrogens (tertiary/aromatic N) is 3. The van der Waals surface area contributed by atoms with E-state index in [0.29, 0.717) is 17.7 Å². The monoisotopic (exact) mass is 364 g/mol. The number of hydrogen-bond acceptors (Lipinski definition) is 4. The van der Waals surface area contributed by atoms with Gasteiger partial charge < -0.3 is 9.80 Å². The van der Waals surface area contributed by atoms with Crippen molar-refractivity contribution in [2.45, 2.75) is 26.3 Å². The van der Waals surface area contributed by atoms with Crippen molar-refractivity contribution in [1.82, 2.24) is 9.88 Å². The van der Waals surface area contributed by atoms with Crippen LogP contribution in [0.2, 0.25) is 5.02 Å². The highest BCUT2D eigenvalue weighted by Crippen LogP contribution is 2.26. The molecule has 1 unspecified atom stereocenters. The summed E-state index contributed by atoms with van der Waals surface area (Å²) < 4.78 is 0. The minimum atomic E-state index is -0.0764. The number of anilines is 2. The molecule has 1 aromatic heterocycles. The van der Waals surface area contributed by atoms with Gasteiger partial charge >= 0.3 is 6.03 Å². The first-order valence-corrected chi connectivity index (χ1v) is 9.11. The molecule has 2 aromatic rings. The lowest BCUT2D eigenvalue weighted by Crippen LogP contribution is -2.38. The highest BCUT2D eigenvalue weighted by Gasteiger charge is 2.29. The fraction of sp³-hybridized carbons (Fsp3) is 0.412. The van der Waals surface area contributed by atoms with Crippen LogP contribution in [0.5, 0.6) is 0 Å². The molecule has 1 atom stereocenters. The lowest BCUT2D eigenvalue weighted by molar-refractivity contribution is 0.222. The number of thiazole rings is 1. The van der Waals surface area contributed by atoms with Crippen LogP contribution in [0.25, 0.3) is 0 Å². The van der Waals surface area contributed by atoms with E-state index in [0.717, 1.165) is 34.1 Å². The number of carbonyl (C=O) groups is 1.